The molecule has 1 saturated heterocycles. The van der Waals surface area contributed by atoms with Crippen LogP contribution in [0.3, 0.4) is 0 Å². The molecule has 1 amide bonds. The number of carbonyl (C=O) groups excluding carboxylic acids is 1. The van der Waals surface area contributed by atoms with Crippen molar-refractivity contribution in [3.63, 3.8) is 0 Å². The van der Waals surface area contributed by atoms with E-state index in [1.807, 2.05) is 35.5 Å². The third kappa shape index (κ3) is 4.71. The summed E-state index contributed by atoms with van der Waals surface area (Å²) < 4.78 is 14.4. The number of nitrogens with two attached hydrogens (primary N) is 1. The second-order valence-electron chi connectivity index (χ2n) is 6.66. The van der Waals surface area contributed by atoms with Crippen LogP contribution in [0.2, 0.25) is 0 Å². The molecule has 1 fully saturated rings. The SMILES string of the molecule is CN=Cc1cc(C(=O)NCc2ccc(S(=O)N3CCC(N)C3)cc2)[nH]c1C. The van der Waals surface area contributed by atoms with E-state index in [2.05, 4.69) is 15.3 Å². The van der Waals surface area contributed by atoms with Gasteiger partial charge in [-0.25, -0.2) is 8.51 Å². The smallest absolute Gasteiger partial charge is 0.267 e. The van der Waals surface area contributed by atoms with Gasteiger partial charge in [-0.05, 0) is 37.1 Å². The van der Waals surface area contributed by atoms with E-state index in [1.165, 1.54) is 0 Å². The monoisotopic (exact) mass is 387 g/mol. The first-order valence-electron chi connectivity index (χ1n) is 8.89. The minimum atomic E-state index is -1.18. The van der Waals surface area contributed by atoms with Gasteiger partial charge in [0.15, 0.2) is 0 Å². The van der Waals surface area contributed by atoms with E-state index in [4.69, 9.17) is 5.73 Å². The molecular weight excluding hydrogens is 362 g/mol. The molecule has 1 aliphatic rings. The van der Waals surface area contributed by atoms with Gasteiger partial charge in [0, 0.05) is 50.2 Å². The molecule has 0 spiro atoms. The van der Waals surface area contributed by atoms with E-state index < -0.39 is 11.0 Å². The molecule has 144 valence electrons. The fourth-order valence-electron chi connectivity index (χ4n) is 3.02. The summed E-state index contributed by atoms with van der Waals surface area (Å²) in [5.74, 6) is -0.174. The van der Waals surface area contributed by atoms with Gasteiger partial charge in [-0.15, -0.1) is 0 Å². The summed E-state index contributed by atoms with van der Waals surface area (Å²) >= 11 is 0. The molecule has 1 aromatic heterocycles. The molecule has 7 nitrogen and oxygen atoms in total. The minimum Gasteiger partial charge on any atom is -0.354 e. The molecular formula is C19H25N5O2S. The predicted molar refractivity (Wildman–Crippen MR) is 107 cm³/mol. The van der Waals surface area contributed by atoms with E-state index >= 15 is 0 Å². The molecule has 4 N–H and O–H groups in total. The number of benzene rings is 1. The van der Waals surface area contributed by atoms with Crippen LogP contribution in [0, 0.1) is 6.92 Å². The van der Waals surface area contributed by atoms with Gasteiger partial charge in [0.25, 0.3) is 5.91 Å². The van der Waals surface area contributed by atoms with Gasteiger partial charge in [0.1, 0.15) is 16.7 Å². The molecule has 1 aliphatic heterocycles. The summed E-state index contributed by atoms with van der Waals surface area (Å²) in [6.45, 7) is 3.71. The molecule has 0 radical (unpaired) electrons. The van der Waals surface area contributed by atoms with Gasteiger partial charge in [0.2, 0.25) is 0 Å². The molecule has 2 unspecified atom stereocenters. The van der Waals surface area contributed by atoms with Gasteiger partial charge in [-0.3, -0.25) is 9.79 Å². The van der Waals surface area contributed by atoms with Crippen LogP contribution in [-0.4, -0.2) is 51.8 Å². The second-order valence-corrected chi connectivity index (χ2v) is 8.15. The number of nitrogens with zero attached hydrogens (tertiary/aromatic N) is 2. The van der Waals surface area contributed by atoms with Crippen molar-refractivity contribution in [1.29, 1.82) is 0 Å². The van der Waals surface area contributed by atoms with Crippen molar-refractivity contribution in [1.82, 2.24) is 14.6 Å². The first-order chi connectivity index (χ1) is 13.0. The Morgan fingerprint density at radius 3 is 2.81 bits per heavy atom. The Balaban J connectivity index is 1.57. The number of hydrogen-bond acceptors (Lipinski definition) is 4. The Morgan fingerprint density at radius 1 is 1.44 bits per heavy atom. The Bertz CT molecular complexity index is 859. The second kappa shape index (κ2) is 8.60. The summed E-state index contributed by atoms with van der Waals surface area (Å²) in [5, 5.41) is 2.89. The first kappa shape index (κ1) is 19.5. The molecule has 27 heavy (non-hydrogen) atoms. The summed E-state index contributed by atoms with van der Waals surface area (Å²) in [5.41, 5.74) is 9.13. The maximum Gasteiger partial charge on any atom is 0.267 e. The summed E-state index contributed by atoms with van der Waals surface area (Å²) in [4.78, 5) is 20.1. The van der Waals surface area contributed by atoms with Crippen LogP contribution in [0.1, 0.15) is 33.7 Å². The first-order valence-corrected chi connectivity index (χ1v) is 10.00. The lowest BCUT2D eigenvalue weighted by atomic mass is 10.2. The van der Waals surface area contributed by atoms with Gasteiger partial charge in [0.05, 0.1) is 4.90 Å². The standard InChI is InChI=1S/C19H25N5O2S/c1-13-15(11-21-2)9-18(23-13)19(25)22-10-14-3-5-17(6-4-14)27(26)24-8-7-16(20)12-24/h3-6,9,11,16,23H,7-8,10,12,20H2,1-2H3,(H,22,25). The maximum absolute atomic E-state index is 12.5. The van der Waals surface area contributed by atoms with Crippen LogP contribution >= 0.6 is 0 Å². The number of rotatable bonds is 6. The van der Waals surface area contributed by atoms with Crippen LogP contribution in [0.25, 0.3) is 0 Å². The lowest BCUT2D eigenvalue weighted by Crippen LogP contribution is -2.28. The Hall–Kier alpha value is -2.29. The van der Waals surface area contributed by atoms with E-state index in [0.717, 1.165) is 34.7 Å². The Kier molecular flexibility index (Phi) is 6.20. The average Bonchev–Trinajstić information content (AvgIpc) is 3.26. The van der Waals surface area contributed by atoms with Crippen LogP contribution in [0.15, 0.2) is 40.2 Å². The molecule has 8 heteroatoms. The third-order valence-corrected chi connectivity index (χ3v) is 6.04. The van der Waals surface area contributed by atoms with Crippen molar-refractivity contribution < 1.29 is 9.00 Å². The van der Waals surface area contributed by atoms with Crippen molar-refractivity contribution in [2.24, 2.45) is 10.7 Å². The fourth-order valence-corrected chi connectivity index (χ4v) is 4.29. The highest BCUT2D eigenvalue weighted by molar-refractivity contribution is 7.82. The highest BCUT2D eigenvalue weighted by Gasteiger charge is 2.24. The zero-order valence-corrected chi connectivity index (χ0v) is 16.4. The average molecular weight is 388 g/mol. The number of aromatic amines is 1. The van der Waals surface area contributed by atoms with Crippen LogP contribution in [0.4, 0.5) is 0 Å². The van der Waals surface area contributed by atoms with Gasteiger partial charge in [-0.1, -0.05) is 12.1 Å². The van der Waals surface area contributed by atoms with Gasteiger partial charge >= 0.3 is 0 Å². The highest BCUT2D eigenvalue weighted by Crippen LogP contribution is 2.17. The maximum atomic E-state index is 12.5. The zero-order chi connectivity index (χ0) is 19.4. The molecule has 2 heterocycles. The van der Waals surface area contributed by atoms with E-state index in [9.17, 15) is 9.00 Å². The Labute approximate surface area is 161 Å². The number of hydrogen-bond donors (Lipinski definition) is 3. The van der Waals surface area contributed by atoms with Gasteiger partial charge < -0.3 is 16.0 Å². The van der Waals surface area contributed by atoms with E-state index in [0.29, 0.717) is 18.8 Å². The topological polar surface area (TPSA) is 104 Å². The molecule has 0 saturated carbocycles. The lowest BCUT2D eigenvalue weighted by molar-refractivity contribution is 0.0946. The molecule has 0 aliphatic carbocycles. The number of aryl methyl sites for hydroxylation is 1. The number of nitrogens with one attached hydrogen (secondary N) is 2. The van der Waals surface area contributed by atoms with Crippen LogP contribution < -0.4 is 11.1 Å². The number of aliphatic imine (C=N–C) groups is 1. The van der Waals surface area contributed by atoms with Crippen LogP contribution in [-0.2, 0) is 17.5 Å². The summed E-state index contributed by atoms with van der Waals surface area (Å²) in [6, 6.07) is 9.35. The molecule has 2 atom stereocenters. The number of carbonyl (C=O) groups is 1. The molecule has 2 aromatic rings. The molecule has 0 bridgehead atoms. The molecule has 3 rings (SSSR count). The van der Waals surface area contributed by atoms with Crippen LogP contribution in [0.5, 0.6) is 0 Å². The van der Waals surface area contributed by atoms with E-state index in [1.54, 1.807) is 19.3 Å². The Morgan fingerprint density at radius 2 is 2.19 bits per heavy atom. The minimum absolute atomic E-state index is 0.101. The van der Waals surface area contributed by atoms with Gasteiger partial charge in [-0.2, -0.15) is 0 Å². The summed E-state index contributed by atoms with van der Waals surface area (Å²) in [6.07, 6.45) is 2.59. The highest BCUT2D eigenvalue weighted by atomic mass is 32.2. The van der Waals surface area contributed by atoms with Crippen molar-refractivity contribution >= 4 is 23.1 Å². The van der Waals surface area contributed by atoms with E-state index in [-0.39, 0.29) is 11.9 Å². The third-order valence-electron chi connectivity index (χ3n) is 4.57. The van der Waals surface area contributed by atoms with Crippen molar-refractivity contribution in [3.8, 4) is 0 Å². The number of H-pyrrole nitrogens is 1. The number of aromatic nitrogens is 1. The van der Waals surface area contributed by atoms with Crippen molar-refractivity contribution in [2.45, 2.75) is 30.8 Å². The fraction of sp³-hybridized carbons (Fsp3) is 0.368. The predicted octanol–water partition coefficient (Wildman–Crippen LogP) is 1.36. The zero-order valence-electron chi connectivity index (χ0n) is 15.6. The normalized spacial score (nSPS) is 18.9. The quantitative estimate of drug-likeness (QED) is 0.652. The largest absolute Gasteiger partial charge is 0.354 e. The lowest BCUT2D eigenvalue weighted by Gasteiger charge is -2.14. The molecule has 1 aromatic carbocycles. The summed E-state index contributed by atoms with van der Waals surface area (Å²) in [7, 11) is 0.512. The number of amides is 1. The van der Waals surface area contributed by atoms with Crippen molar-refractivity contribution in [3.05, 3.63) is 52.8 Å². The van der Waals surface area contributed by atoms with Crippen molar-refractivity contribution in [2.75, 3.05) is 20.1 Å².